The van der Waals surface area contributed by atoms with Gasteiger partial charge in [0.15, 0.2) is 0 Å². The van der Waals surface area contributed by atoms with Crippen LogP contribution < -0.4 is 15.5 Å². The molecule has 27 heavy (non-hydrogen) atoms. The summed E-state index contributed by atoms with van der Waals surface area (Å²) in [6.45, 7) is 4.46. The second-order valence-electron chi connectivity index (χ2n) is 6.29. The molecule has 0 unspecified atom stereocenters. The van der Waals surface area contributed by atoms with Crippen LogP contribution in [0.15, 0.2) is 53.5 Å². The summed E-state index contributed by atoms with van der Waals surface area (Å²) in [4.78, 5) is 25.7. The Kier molecular flexibility index (Phi) is 5.51. The van der Waals surface area contributed by atoms with Gasteiger partial charge in [0.25, 0.3) is 5.91 Å². The number of aromatic nitrogens is 1. The topological polar surface area (TPSA) is 60.3 Å². The van der Waals surface area contributed by atoms with Gasteiger partial charge in [-0.05, 0) is 49.7 Å². The lowest BCUT2D eigenvalue weighted by Crippen LogP contribution is -2.31. The summed E-state index contributed by atoms with van der Waals surface area (Å²) in [5.41, 5.74) is 1.48. The number of aryl methyl sites for hydroxylation is 1. The minimum atomic E-state index is -0.408. The number of carbonyl (C=O) groups excluding carboxylic acids is 1. The normalized spacial score (nSPS) is 12.0. The van der Waals surface area contributed by atoms with Crippen molar-refractivity contribution in [1.82, 2.24) is 9.88 Å². The summed E-state index contributed by atoms with van der Waals surface area (Å²) < 4.78 is 7.11. The molecule has 0 aliphatic rings. The molecule has 1 heterocycles. The summed E-state index contributed by atoms with van der Waals surface area (Å²) in [5, 5.41) is 3.98. The third-order valence-electron chi connectivity index (χ3n) is 4.59. The van der Waals surface area contributed by atoms with Gasteiger partial charge in [0, 0.05) is 17.8 Å². The lowest BCUT2D eigenvalue weighted by atomic mass is 10.1. The molecule has 2 aromatic carbocycles. The predicted molar refractivity (Wildman–Crippen MR) is 108 cm³/mol. The lowest BCUT2D eigenvalue weighted by molar-refractivity contribution is 0.0938. The van der Waals surface area contributed by atoms with Crippen LogP contribution in [-0.2, 0) is 6.54 Å². The second kappa shape index (κ2) is 7.84. The average Bonchev–Trinajstić information content (AvgIpc) is 2.68. The Morgan fingerprint density at radius 2 is 1.93 bits per heavy atom. The maximum Gasteiger partial charge on any atom is 0.257 e. The molecule has 140 valence electrons. The number of hydrogen-bond donors (Lipinski definition) is 1. The number of benzene rings is 2. The van der Waals surface area contributed by atoms with E-state index in [1.807, 2.05) is 36.6 Å². The van der Waals surface area contributed by atoms with Crippen molar-refractivity contribution in [2.75, 3.05) is 7.11 Å². The fourth-order valence-electron chi connectivity index (χ4n) is 3.04. The van der Waals surface area contributed by atoms with Crippen molar-refractivity contribution in [1.29, 1.82) is 0 Å². The number of nitrogens with one attached hydrogen (secondary N) is 1. The number of ether oxygens (including phenoxy) is 1. The van der Waals surface area contributed by atoms with E-state index < -0.39 is 5.91 Å². The molecule has 0 bridgehead atoms. The molecule has 0 aliphatic heterocycles. The van der Waals surface area contributed by atoms with Crippen molar-refractivity contribution in [3.63, 3.8) is 0 Å². The highest BCUT2D eigenvalue weighted by molar-refractivity contribution is 6.30. The number of carbonyl (C=O) groups is 1. The molecule has 3 aromatic rings. The van der Waals surface area contributed by atoms with Gasteiger partial charge in [-0.2, -0.15) is 0 Å². The maximum atomic E-state index is 12.9. The van der Waals surface area contributed by atoms with E-state index in [2.05, 4.69) is 5.32 Å². The zero-order chi connectivity index (χ0) is 19.6. The first-order valence-corrected chi connectivity index (χ1v) is 9.10. The molecule has 6 heteroatoms. The van der Waals surface area contributed by atoms with Gasteiger partial charge in [-0.15, -0.1) is 0 Å². The standard InChI is InChI=1S/C21H21ClN2O3/c1-4-24-12-18(20(25)17-11-16(27-3)9-10-19(17)24)21(26)23-13(2)14-5-7-15(22)8-6-14/h5-13H,4H2,1-3H3,(H,23,26)/t13-/m1/s1. The Balaban J connectivity index is 1.99. The van der Waals surface area contributed by atoms with Crippen LogP contribution in [0.4, 0.5) is 0 Å². The number of methoxy groups -OCH3 is 1. The zero-order valence-corrected chi connectivity index (χ0v) is 16.2. The van der Waals surface area contributed by atoms with Crippen molar-refractivity contribution in [2.24, 2.45) is 0 Å². The Bertz CT molecular complexity index is 1040. The van der Waals surface area contributed by atoms with Crippen molar-refractivity contribution in [3.05, 3.63) is 75.0 Å². The summed E-state index contributed by atoms with van der Waals surface area (Å²) in [6.07, 6.45) is 1.61. The van der Waals surface area contributed by atoms with E-state index in [4.69, 9.17) is 16.3 Å². The Labute approximate surface area is 162 Å². The third-order valence-corrected chi connectivity index (χ3v) is 4.84. The molecule has 0 aliphatic carbocycles. The lowest BCUT2D eigenvalue weighted by Gasteiger charge is -2.16. The first kappa shape index (κ1) is 19.0. The molecule has 0 saturated heterocycles. The molecule has 3 rings (SSSR count). The molecule has 0 spiro atoms. The van der Waals surface area contributed by atoms with Gasteiger partial charge >= 0.3 is 0 Å². The van der Waals surface area contributed by atoms with Gasteiger partial charge in [-0.1, -0.05) is 23.7 Å². The molecule has 1 amide bonds. The molecule has 1 aromatic heterocycles. The van der Waals surface area contributed by atoms with Crippen LogP contribution in [-0.4, -0.2) is 17.6 Å². The average molecular weight is 385 g/mol. The fourth-order valence-corrected chi connectivity index (χ4v) is 3.16. The molecule has 1 atom stereocenters. The van der Waals surface area contributed by atoms with Crippen LogP contribution in [0.1, 0.15) is 35.8 Å². The maximum absolute atomic E-state index is 12.9. The van der Waals surface area contributed by atoms with Crippen LogP contribution in [0, 0.1) is 0 Å². The monoisotopic (exact) mass is 384 g/mol. The minimum absolute atomic E-state index is 0.110. The fraction of sp³-hybridized carbons (Fsp3) is 0.238. The smallest absolute Gasteiger partial charge is 0.257 e. The van der Waals surface area contributed by atoms with E-state index in [0.717, 1.165) is 11.1 Å². The highest BCUT2D eigenvalue weighted by atomic mass is 35.5. The van der Waals surface area contributed by atoms with E-state index in [-0.39, 0.29) is 17.0 Å². The summed E-state index contributed by atoms with van der Waals surface area (Å²) in [5.74, 6) is 0.170. The largest absolute Gasteiger partial charge is 0.497 e. The number of rotatable bonds is 5. The van der Waals surface area contributed by atoms with Crippen LogP contribution in [0.5, 0.6) is 5.75 Å². The molecule has 0 saturated carbocycles. The molecule has 0 radical (unpaired) electrons. The third kappa shape index (κ3) is 3.83. The molecular weight excluding hydrogens is 364 g/mol. The van der Waals surface area contributed by atoms with Gasteiger partial charge in [-0.3, -0.25) is 9.59 Å². The van der Waals surface area contributed by atoms with Crippen molar-refractivity contribution in [2.45, 2.75) is 26.4 Å². The predicted octanol–water partition coefficient (Wildman–Crippen LogP) is 4.17. The quantitative estimate of drug-likeness (QED) is 0.718. The number of halogens is 1. The highest BCUT2D eigenvalue weighted by Gasteiger charge is 2.18. The van der Waals surface area contributed by atoms with Gasteiger partial charge in [0.1, 0.15) is 11.3 Å². The summed E-state index contributed by atoms with van der Waals surface area (Å²) >= 11 is 5.91. The molecule has 5 nitrogen and oxygen atoms in total. The highest BCUT2D eigenvalue weighted by Crippen LogP contribution is 2.20. The van der Waals surface area contributed by atoms with Crippen LogP contribution in [0.2, 0.25) is 5.02 Å². The van der Waals surface area contributed by atoms with Crippen LogP contribution >= 0.6 is 11.6 Å². The van der Waals surface area contributed by atoms with Crippen molar-refractivity contribution >= 4 is 28.4 Å². The number of fused-ring (bicyclic) bond motifs is 1. The van der Waals surface area contributed by atoms with E-state index in [1.165, 1.54) is 0 Å². The van der Waals surface area contributed by atoms with Crippen LogP contribution in [0.25, 0.3) is 10.9 Å². The Morgan fingerprint density at radius 1 is 1.22 bits per heavy atom. The van der Waals surface area contributed by atoms with E-state index in [1.54, 1.807) is 37.6 Å². The van der Waals surface area contributed by atoms with E-state index in [0.29, 0.717) is 22.7 Å². The van der Waals surface area contributed by atoms with Gasteiger partial charge in [-0.25, -0.2) is 0 Å². The van der Waals surface area contributed by atoms with Crippen LogP contribution in [0.3, 0.4) is 0 Å². The molecule has 0 fully saturated rings. The van der Waals surface area contributed by atoms with Gasteiger partial charge < -0.3 is 14.6 Å². The molecule has 1 N–H and O–H groups in total. The number of nitrogens with zero attached hydrogens (tertiary/aromatic N) is 1. The second-order valence-corrected chi connectivity index (χ2v) is 6.72. The number of pyridine rings is 1. The van der Waals surface area contributed by atoms with Gasteiger partial charge in [0.2, 0.25) is 5.43 Å². The number of amides is 1. The Morgan fingerprint density at radius 3 is 2.56 bits per heavy atom. The summed E-state index contributed by atoms with van der Waals surface area (Å²) in [7, 11) is 1.55. The Hall–Kier alpha value is -2.79. The molecular formula is C21H21ClN2O3. The summed E-state index contributed by atoms with van der Waals surface area (Å²) in [6, 6.07) is 12.3. The first-order valence-electron chi connectivity index (χ1n) is 8.72. The van der Waals surface area contributed by atoms with Gasteiger partial charge in [0.05, 0.1) is 24.1 Å². The minimum Gasteiger partial charge on any atom is -0.497 e. The van der Waals surface area contributed by atoms with Crippen molar-refractivity contribution in [3.8, 4) is 5.75 Å². The van der Waals surface area contributed by atoms with E-state index >= 15 is 0 Å². The van der Waals surface area contributed by atoms with E-state index in [9.17, 15) is 9.59 Å². The number of hydrogen-bond acceptors (Lipinski definition) is 3. The zero-order valence-electron chi connectivity index (χ0n) is 15.5. The first-order chi connectivity index (χ1) is 12.9. The van der Waals surface area contributed by atoms with Crippen molar-refractivity contribution < 1.29 is 9.53 Å². The SMILES string of the molecule is CCn1cc(C(=O)N[C@H](C)c2ccc(Cl)cc2)c(=O)c2cc(OC)ccc21.